The van der Waals surface area contributed by atoms with E-state index in [1.165, 1.54) is 0 Å². The highest BCUT2D eigenvalue weighted by Gasteiger charge is 2.18. The summed E-state index contributed by atoms with van der Waals surface area (Å²) < 4.78 is 9.00. The molecule has 1 N–H and O–H groups in total. The van der Waals surface area contributed by atoms with Crippen molar-refractivity contribution < 1.29 is 9.53 Å². The molecule has 0 saturated carbocycles. The molecular weight excluding hydrogens is 246 g/mol. The van der Waals surface area contributed by atoms with Gasteiger partial charge in [0.05, 0.1) is 12.9 Å². The molecule has 0 saturated heterocycles. The molecule has 0 fully saturated rings. The van der Waals surface area contributed by atoms with Crippen molar-refractivity contribution in [1.29, 1.82) is 0 Å². The van der Waals surface area contributed by atoms with Gasteiger partial charge in [0.15, 0.2) is 5.69 Å². The van der Waals surface area contributed by atoms with Crippen molar-refractivity contribution in [3.8, 4) is 5.88 Å². The van der Waals surface area contributed by atoms with Crippen LogP contribution in [0, 0.1) is 0 Å². The van der Waals surface area contributed by atoms with Crippen LogP contribution in [0.15, 0.2) is 24.8 Å². The predicted molar refractivity (Wildman–Crippen MR) is 66.9 cm³/mol. The Morgan fingerprint density at radius 1 is 1.53 bits per heavy atom. The van der Waals surface area contributed by atoms with Gasteiger partial charge >= 0.3 is 0 Å². The first-order valence-corrected chi connectivity index (χ1v) is 6.27. The Kier molecular flexibility index (Phi) is 3.18. The van der Waals surface area contributed by atoms with E-state index in [0.29, 0.717) is 31.3 Å². The van der Waals surface area contributed by atoms with Crippen LogP contribution >= 0.6 is 0 Å². The fourth-order valence-corrected chi connectivity index (χ4v) is 2.00. The largest absolute Gasteiger partial charge is 0.476 e. The third-order valence-electron chi connectivity index (χ3n) is 2.97. The van der Waals surface area contributed by atoms with Crippen LogP contribution in [0.25, 0.3) is 0 Å². The van der Waals surface area contributed by atoms with Crippen molar-refractivity contribution >= 4 is 5.91 Å². The molecule has 2 aromatic heterocycles. The van der Waals surface area contributed by atoms with Crippen molar-refractivity contribution in [3.63, 3.8) is 0 Å². The molecule has 0 unspecified atom stereocenters. The number of hydrogen-bond acceptors (Lipinski definition) is 4. The summed E-state index contributed by atoms with van der Waals surface area (Å²) in [4.78, 5) is 15.8. The summed E-state index contributed by atoms with van der Waals surface area (Å²) >= 11 is 0. The molecule has 0 radical (unpaired) electrons. The van der Waals surface area contributed by atoms with Crippen LogP contribution < -0.4 is 10.1 Å². The van der Waals surface area contributed by atoms with Crippen LogP contribution in [-0.4, -0.2) is 38.4 Å². The minimum Gasteiger partial charge on any atom is -0.476 e. The lowest BCUT2D eigenvalue weighted by molar-refractivity contribution is 0.0946. The molecule has 0 atom stereocenters. The van der Waals surface area contributed by atoms with Gasteiger partial charge in [-0.1, -0.05) is 0 Å². The maximum absolute atomic E-state index is 11.8. The summed E-state index contributed by atoms with van der Waals surface area (Å²) in [6.07, 6.45) is 6.26. The molecule has 0 aliphatic carbocycles. The van der Waals surface area contributed by atoms with Crippen molar-refractivity contribution in [1.82, 2.24) is 24.6 Å². The predicted octanol–water partition coefficient (Wildman–Crippen LogP) is 0.292. The lowest BCUT2D eigenvalue weighted by Gasteiger charge is -2.04. The van der Waals surface area contributed by atoms with Crippen LogP contribution in [0.5, 0.6) is 5.88 Å². The Morgan fingerprint density at radius 3 is 3.26 bits per heavy atom. The number of rotatable bonds is 5. The smallest absolute Gasteiger partial charge is 0.271 e. The van der Waals surface area contributed by atoms with E-state index in [4.69, 9.17) is 4.74 Å². The summed E-state index contributed by atoms with van der Waals surface area (Å²) in [7, 11) is 0. The molecule has 0 aromatic carbocycles. The fraction of sp³-hybridized carbons (Fsp3) is 0.417. The van der Waals surface area contributed by atoms with Crippen LogP contribution in [0.2, 0.25) is 0 Å². The number of carbonyl (C=O) groups is 1. The van der Waals surface area contributed by atoms with Gasteiger partial charge in [0.2, 0.25) is 5.88 Å². The number of aromatic nitrogens is 4. The van der Waals surface area contributed by atoms with Gasteiger partial charge in [-0.15, -0.1) is 0 Å². The number of amides is 1. The molecule has 7 heteroatoms. The quantitative estimate of drug-likeness (QED) is 0.785. The second-order valence-corrected chi connectivity index (χ2v) is 4.35. The molecule has 0 spiro atoms. The number of aryl methyl sites for hydroxylation is 1. The minimum absolute atomic E-state index is 0.156. The normalized spacial score (nSPS) is 13.1. The Morgan fingerprint density at radius 2 is 2.47 bits per heavy atom. The van der Waals surface area contributed by atoms with Gasteiger partial charge in [0, 0.05) is 31.5 Å². The summed E-state index contributed by atoms with van der Waals surface area (Å²) in [5, 5.41) is 7.03. The average molecular weight is 261 g/mol. The van der Waals surface area contributed by atoms with Gasteiger partial charge in [-0.3, -0.25) is 4.79 Å². The highest BCUT2D eigenvalue weighted by molar-refractivity contribution is 5.92. The molecule has 1 aliphatic heterocycles. The Hall–Kier alpha value is -2.31. The monoisotopic (exact) mass is 261 g/mol. The standard InChI is InChI=1S/C12H15N5O2/c18-12(10-8-11-17(15-10)6-7-19-11)14-2-1-4-16-5-3-13-9-16/h3,5,8-9H,1-2,4,6-7H2,(H,14,18). The zero-order chi connectivity index (χ0) is 13.1. The van der Waals surface area contributed by atoms with Crippen LogP contribution in [0.1, 0.15) is 16.9 Å². The van der Waals surface area contributed by atoms with E-state index >= 15 is 0 Å². The summed E-state index contributed by atoms with van der Waals surface area (Å²) in [6, 6.07) is 1.68. The zero-order valence-electron chi connectivity index (χ0n) is 10.5. The van der Waals surface area contributed by atoms with E-state index in [2.05, 4.69) is 15.4 Å². The topological polar surface area (TPSA) is 74.0 Å². The molecule has 2 aromatic rings. The SMILES string of the molecule is O=C(NCCCn1ccnc1)c1cc2n(n1)CCO2. The maximum atomic E-state index is 11.8. The number of nitrogens with zero attached hydrogens (tertiary/aromatic N) is 4. The van der Waals surface area contributed by atoms with Gasteiger partial charge in [0.25, 0.3) is 5.91 Å². The first-order chi connectivity index (χ1) is 9.33. The highest BCUT2D eigenvalue weighted by Crippen LogP contribution is 2.18. The molecular formula is C12H15N5O2. The van der Waals surface area contributed by atoms with Gasteiger partial charge in [-0.05, 0) is 6.42 Å². The van der Waals surface area contributed by atoms with E-state index in [9.17, 15) is 4.79 Å². The van der Waals surface area contributed by atoms with E-state index in [-0.39, 0.29) is 5.91 Å². The number of fused-ring (bicyclic) bond motifs is 1. The number of imidazole rings is 1. The molecule has 100 valence electrons. The van der Waals surface area contributed by atoms with E-state index in [1.807, 2.05) is 10.8 Å². The Bertz CT molecular complexity index is 539. The van der Waals surface area contributed by atoms with Gasteiger partial charge < -0.3 is 14.6 Å². The fourth-order valence-electron chi connectivity index (χ4n) is 2.00. The van der Waals surface area contributed by atoms with Crippen LogP contribution in [0.4, 0.5) is 0 Å². The molecule has 0 bridgehead atoms. The third kappa shape index (κ3) is 2.59. The second kappa shape index (κ2) is 5.13. The van der Waals surface area contributed by atoms with E-state index in [0.717, 1.165) is 13.0 Å². The van der Waals surface area contributed by atoms with Crippen molar-refractivity contribution in [2.75, 3.05) is 13.2 Å². The Balaban J connectivity index is 1.45. The number of hydrogen-bond donors (Lipinski definition) is 1. The number of ether oxygens (including phenoxy) is 1. The first-order valence-electron chi connectivity index (χ1n) is 6.27. The maximum Gasteiger partial charge on any atom is 0.271 e. The zero-order valence-corrected chi connectivity index (χ0v) is 10.5. The molecule has 1 amide bonds. The van der Waals surface area contributed by atoms with Crippen molar-refractivity contribution in [2.24, 2.45) is 0 Å². The lowest BCUT2D eigenvalue weighted by Crippen LogP contribution is -2.25. The third-order valence-corrected chi connectivity index (χ3v) is 2.97. The number of nitrogens with one attached hydrogen (secondary N) is 1. The molecule has 1 aliphatic rings. The van der Waals surface area contributed by atoms with Crippen molar-refractivity contribution in [3.05, 3.63) is 30.5 Å². The van der Waals surface area contributed by atoms with Crippen LogP contribution in [0.3, 0.4) is 0 Å². The average Bonchev–Trinajstić information content (AvgIpc) is 3.09. The summed E-state index contributed by atoms with van der Waals surface area (Å²) in [6.45, 7) is 2.79. The van der Waals surface area contributed by atoms with Gasteiger partial charge in [-0.25, -0.2) is 9.67 Å². The second-order valence-electron chi connectivity index (χ2n) is 4.35. The lowest BCUT2D eigenvalue weighted by atomic mass is 10.3. The summed E-state index contributed by atoms with van der Waals surface area (Å²) in [5.74, 6) is 0.514. The highest BCUT2D eigenvalue weighted by atomic mass is 16.5. The molecule has 3 rings (SSSR count). The first kappa shape index (κ1) is 11.8. The van der Waals surface area contributed by atoms with Gasteiger partial charge in [0.1, 0.15) is 6.61 Å². The minimum atomic E-state index is -0.156. The number of carbonyl (C=O) groups excluding carboxylic acids is 1. The van der Waals surface area contributed by atoms with E-state index < -0.39 is 0 Å². The van der Waals surface area contributed by atoms with E-state index in [1.54, 1.807) is 23.3 Å². The molecule has 19 heavy (non-hydrogen) atoms. The molecule has 7 nitrogen and oxygen atoms in total. The van der Waals surface area contributed by atoms with Crippen LogP contribution in [-0.2, 0) is 13.1 Å². The summed E-state index contributed by atoms with van der Waals surface area (Å²) in [5.41, 5.74) is 0.414. The van der Waals surface area contributed by atoms with Gasteiger partial charge in [-0.2, -0.15) is 5.10 Å². The Labute approximate surface area is 110 Å². The van der Waals surface area contributed by atoms with Crippen molar-refractivity contribution in [2.45, 2.75) is 19.5 Å². The molecule has 3 heterocycles.